The molecule has 0 aliphatic carbocycles. The summed E-state index contributed by atoms with van der Waals surface area (Å²) >= 11 is 0. The second kappa shape index (κ2) is 11.7. The molecule has 0 bridgehead atoms. The van der Waals surface area contributed by atoms with E-state index in [0.717, 1.165) is 5.56 Å². The Kier molecular flexibility index (Phi) is 8.99. The largest absolute Gasteiger partial charge is 0.456 e. The lowest BCUT2D eigenvalue weighted by Crippen LogP contribution is -2.53. The molecule has 2 heterocycles. The summed E-state index contributed by atoms with van der Waals surface area (Å²) in [7, 11) is 0. The van der Waals surface area contributed by atoms with Crippen molar-refractivity contribution >= 4 is 11.8 Å². The SMILES string of the molecule is [CH2][CH]C[C@H]1O[C@H]([C@@H](OC(C)=O)[C@H]2OC(CC=C)CCC2=O)C(O)[C@@H]1OCc1ccccc1. The van der Waals surface area contributed by atoms with Crippen LogP contribution in [0.25, 0.3) is 0 Å². The molecule has 3 rings (SSSR count). The van der Waals surface area contributed by atoms with Crippen molar-refractivity contribution < 1.29 is 33.6 Å². The van der Waals surface area contributed by atoms with Gasteiger partial charge in [0.1, 0.15) is 18.3 Å². The third-order valence-corrected chi connectivity index (χ3v) is 5.78. The zero-order valence-corrected chi connectivity index (χ0v) is 18.4. The van der Waals surface area contributed by atoms with E-state index in [-0.39, 0.29) is 18.5 Å². The normalized spacial score (nSPS) is 31.3. The summed E-state index contributed by atoms with van der Waals surface area (Å²) in [5.74, 6) is -0.761. The maximum Gasteiger partial charge on any atom is 0.303 e. The zero-order chi connectivity index (χ0) is 23.1. The smallest absolute Gasteiger partial charge is 0.303 e. The Labute approximate surface area is 189 Å². The Morgan fingerprint density at radius 1 is 1.28 bits per heavy atom. The van der Waals surface area contributed by atoms with E-state index >= 15 is 0 Å². The Hall–Kier alpha value is -2.06. The molecule has 174 valence electrons. The molecule has 7 nitrogen and oxygen atoms in total. The maximum absolute atomic E-state index is 12.7. The molecule has 7 heteroatoms. The molecule has 2 saturated heterocycles. The molecular weight excluding hydrogens is 412 g/mol. The maximum atomic E-state index is 12.7. The van der Waals surface area contributed by atoms with Crippen LogP contribution in [0.15, 0.2) is 43.0 Å². The third-order valence-electron chi connectivity index (χ3n) is 5.78. The number of ketones is 1. The number of hydrogen-bond acceptors (Lipinski definition) is 7. The van der Waals surface area contributed by atoms with Gasteiger partial charge < -0.3 is 24.1 Å². The number of benzene rings is 1. The number of rotatable bonds is 10. The van der Waals surface area contributed by atoms with Crippen molar-refractivity contribution in [2.75, 3.05) is 0 Å². The van der Waals surface area contributed by atoms with Crippen molar-refractivity contribution in [2.45, 2.75) is 81.9 Å². The van der Waals surface area contributed by atoms with Gasteiger partial charge >= 0.3 is 5.97 Å². The fourth-order valence-electron chi connectivity index (χ4n) is 4.27. The van der Waals surface area contributed by atoms with Crippen LogP contribution in [-0.4, -0.2) is 59.6 Å². The number of esters is 1. The first-order valence-electron chi connectivity index (χ1n) is 11.0. The number of aliphatic hydroxyl groups is 1. The van der Waals surface area contributed by atoms with E-state index in [1.807, 2.05) is 30.3 Å². The fraction of sp³-hybridized carbons (Fsp3) is 0.520. The molecule has 0 aromatic heterocycles. The summed E-state index contributed by atoms with van der Waals surface area (Å²) in [6.07, 6.45) is -0.297. The van der Waals surface area contributed by atoms with Crippen molar-refractivity contribution in [1.82, 2.24) is 0 Å². The molecule has 2 fully saturated rings. The zero-order valence-electron chi connectivity index (χ0n) is 18.4. The first-order valence-corrected chi connectivity index (χ1v) is 11.0. The molecule has 0 amide bonds. The van der Waals surface area contributed by atoms with Crippen molar-refractivity contribution in [3.8, 4) is 0 Å². The number of carbonyl (C=O) groups excluding carboxylic acids is 2. The van der Waals surface area contributed by atoms with Gasteiger partial charge in [-0.2, -0.15) is 0 Å². The first kappa shape index (κ1) is 24.6. The van der Waals surface area contributed by atoms with Gasteiger partial charge in [0.15, 0.2) is 18.0 Å². The average molecular weight is 445 g/mol. The second-order valence-corrected chi connectivity index (χ2v) is 8.20. The van der Waals surface area contributed by atoms with Gasteiger partial charge in [0.05, 0.1) is 18.8 Å². The fourth-order valence-corrected chi connectivity index (χ4v) is 4.27. The second-order valence-electron chi connectivity index (χ2n) is 8.20. The standard InChI is InChI=1S/C25H32O7/c1-4-9-18-13-14-19(27)22(31-18)25(30-16(3)26)24-21(28)23(20(32-24)10-5-2)29-15-17-11-7-6-8-12-17/h4-8,11-12,18,20-25,28H,1-2,9-10,13-15H2,3H3/t18?,20-,21?,22+,23-,24+,25+/m1/s1. The van der Waals surface area contributed by atoms with Crippen molar-refractivity contribution in [1.29, 1.82) is 0 Å². The minimum absolute atomic E-state index is 0.179. The number of hydrogen-bond donors (Lipinski definition) is 1. The average Bonchev–Trinajstić information content (AvgIpc) is 3.08. The van der Waals surface area contributed by atoms with E-state index in [4.69, 9.17) is 18.9 Å². The van der Waals surface area contributed by atoms with Crippen molar-refractivity contribution in [3.63, 3.8) is 0 Å². The van der Waals surface area contributed by atoms with E-state index in [9.17, 15) is 14.7 Å². The first-order chi connectivity index (χ1) is 15.4. The lowest BCUT2D eigenvalue weighted by atomic mass is 9.92. The van der Waals surface area contributed by atoms with Crippen LogP contribution in [0, 0.1) is 13.3 Å². The van der Waals surface area contributed by atoms with Gasteiger partial charge in [-0.15, -0.1) is 6.58 Å². The summed E-state index contributed by atoms with van der Waals surface area (Å²) < 4.78 is 23.6. The van der Waals surface area contributed by atoms with Crippen LogP contribution in [0.4, 0.5) is 0 Å². The highest BCUT2D eigenvalue weighted by molar-refractivity contribution is 5.85. The molecule has 2 radical (unpaired) electrons. The summed E-state index contributed by atoms with van der Waals surface area (Å²) in [6, 6.07) is 9.59. The highest BCUT2D eigenvalue weighted by Crippen LogP contribution is 2.34. The minimum Gasteiger partial charge on any atom is -0.456 e. The predicted molar refractivity (Wildman–Crippen MR) is 117 cm³/mol. The molecule has 1 aromatic rings. The summed E-state index contributed by atoms with van der Waals surface area (Å²) in [4.78, 5) is 24.6. The van der Waals surface area contributed by atoms with Crippen LogP contribution in [0.1, 0.15) is 38.2 Å². The van der Waals surface area contributed by atoms with E-state index in [1.54, 1.807) is 12.5 Å². The third kappa shape index (κ3) is 6.04. The summed E-state index contributed by atoms with van der Waals surface area (Å²) in [6.45, 7) is 9.03. The van der Waals surface area contributed by atoms with Gasteiger partial charge in [0.2, 0.25) is 0 Å². The number of Topliss-reactive ketones (excluding diaryl/α,β-unsaturated/α-hetero) is 1. The summed E-state index contributed by atoms with van der Waals surface area (Å²) in [5.41, 5.74) is 0.954. The van der Waals surface area contributed by atoms with Crippen molar-refractivity contribution in [3.05, 3.63) is 61.9 Å². The minimum atomic E-state index is -1.12. The van der Waals surface area contributed by atoms with Crippen molar-refractivity contribution in [2.24, 2.45) is 0 Å². The number of carbonyl (C=O) groups is 2. The van der Waals surface area contributed by atoms with Crippen LogP contribution in [0.2, 0.25) is 0 Å². The summed E-state index contributed by atoms with van der Waals surface area (Å²) in [5, 5.41) is 11.1. The molecule has 0 spiro atoms. The number of ether oxygens (including phenoxy) is 4. The molecule has 32 heavy (non-hydrogen) atoms. The van der Waals surface area contributed by atoms with E-state index in [0.29, 0.717) is 25.7 Å². The predicted octanol–water partition coefficient (Wildman–Crippen LogP) is 2.75. The number of aliphatic hydroxyl groups excluding tert-OH is 1. The van der Waals surface area contributed by atoms with Crippen LogP contribution < -0.4 is 0 Å². The molecule has 7 atom stereocenters. The van der Waals surface area contributed by atoms with E-state index in [1.165, 1.54) is 6.92 Å². The topological polar surface area (TPSA) is 91.3 Å². The molecule has 1 aromatic carbocycles. The molecule has 2 aliphatic heterocycles. The van der Waals surface area contributed by atoms with Crippen LogP contribution >= 0.6 is 0 Å². The van der Waals surface area contributed by atoms with Gasteiger partial charge in [-0.1, -0.05) is 36.4 Å². The van der Waals surface area contributed by atoms with Gasteiger partial charge in [-0.25, -0.2) is 0 Å². The van der Waals surface area contributed by atoms with Crippen LogP contribution in [0.3, 0.4) is 0 Å². The van der Waals surface area contributed by atoms with Gasteiger partial charge in [-0.3, -0.25) is 9.59 Å². The van der Waals surface area contributed by atoms with Crippen LogP contribution in [-0.2, 0) is 35.1 Å². The monoisotopic (exact) mass is 444 g/mol. The van der Waals surface area contributed by atoms with Gasteiger partial charge in [0.25, 0.3) is 0 Å². The molecule has 0 saturated carbocycles. The Morgan fingerprint density at radius 2 is 2.03 bits per heavy atom. The molecule has 1 N–H and O–H groups in total. The highest BCUT2D eigenvalue weighted by atomic mass is 16.6. The molecule has 2 unspecified atom stereocenters. The Morgan fingerprint density at radius 3 is 2.69 bits per heavy atom. The van der Waals surface area contributed by atoms with Crippen LogP contribution in [0.5, 0.6) is 0 Å². The molecule has 2 aliphatic rings. The highest BCUT2D eigenvalue weighted by Gasteiger charge is 2.53. The lowest BCUT2D eigenvalue weighted by Gasteiger charge is -2.36. The Bertz CT molecular complexity index is 765. The molecular formula is C25H32O7. The lowest BCUT2D eigenvalue weighted by molar-refractivity contribution is -0.190. The van der Waals surface area contributed by atoms with Gasteiger partial charge in [-0.05, 0) is 38.2 Å². The van der Waals surface area contributed by atoms with E-state index in [2.05, 4.69) is 13.5 Å². The quantitative estimate of drug-likeness (QED) is 0.438. The van der Waals surface area contributed by atoms with E-state index < -0.39 is 42.6 Å². The van der Waals surface area contributed by atoms with Gasteiger partial charge in [0, 0.05) is 13.3 Å². The Balaban J connectivity index is 1.79.